The van der Waals surface area contributed by atoms with Crippen LogP contribution in [0.15, 0.2) is 27.4 Å². The van der Waals surface area contributed by atoms with Crippen molar-refractivity contribution in [3.63, 3.8) is 0 Å². The van der Waals surface area contributed by atoms with Gasteiger partial charge in [0.15, 0.2) is 4.34 Å². The van der Waals surface area contributed by atoms with E-state index in [1.807, 2.05) is 6.92 Å². The lowest BCUT2D eigenvalue weighted by atomic mass is 10.3. The quantitative estimate of drug-likeness (QED) is 0.758. The summed E-state index contributed by atoms with van der Waals surface area (Å²) in [6, 6.07) is 4.55. The molecule has 22 heavy (non-hydrogen) atoms. The molecule has 0 saturated carbocycles. The van der Waals surface area contributed by atoms with Gasteiger partial charge in [0.25, 0.3) is 10.0 Å². The van der Waals surface area contributed by atoms with Gasteiger partial charge >= 0.3 is 0 Å². The van der Waals surface area contributed by atoms with E-state index in [1.54, 1.807) is 6.07 Å². The minimum Gasteiger partial charge on any atom is -0.497 e. The van der Waals surface area contributed by atoms with E-state index in [0.29, 0.717) is 10.1 Å². The van der Waals surface area contributed by atoms with Crippen LogP contribution in [0, 0.1) is 0 Å². The van der Waals surface area contributed by atoms with E-state index in [4.69, 9.17) is 9.47 Å². The summed E-state index contributed by atoms with van der Waals surface area (Å²) in [7, 11) is -0.979. The Bertz CT molecular complexity index is 746. The number of hydrogen-bond donors (Lipinski definition) is 1. The van der Waals surface area contributed by atoms with Gasteiger partial charge in [0.05, 0.1) is 14.2 Å². The molecule has 1 heterocycles. The second kappa shape index (κ2) is 7.16. The fourth-order valence-electron chi connectivity index (χ4n) is 1.60. The highest BCUT2D eigenvalue weighted by molar-refractivity contribution is 8.01. The zero-order valence-electron chi connectivity index (χ0n) is 12.2. The molecule has 7 nitrogen and oxygen atoms in total. The zero-order valence-corrected chi connectivity index (χ0v) is 14.6. The van der Waals surface area contributed by atoms with E-state index in [0.717, 1.165) is 5.75 Å². The van der Waals surface area contributed by atoms with Crippen molar-refractivity contribution in [2.75, 3.05) is 24.7 Å². The van der Waals surface area contributed by atoms with E-state index < -0.39 is 10.0 Å². The van der Waals surface area contributed by atoms with Crippen LogP contribution in [0.25, 0.3) is 0 Å². The third-order valence-electron chi connectivity index (χ3n) is 2.56. The molecule has 10 heteroatoms. The Kier molecular flexibility index (Phi) is 5.48. The molecule has 1 aromatic carbocycles. The summed E-state index contributed by atoms with van der Waals surface area (Å²) in [6.07, 6.45) is 0. The summed E-state index contributed by atoms with van der Waals surface area (Å²) >= 11 is 2.68. The monoisotopic (exact) mass is 361 g/mol. The van der Waals surface area contributed by atoms with Gasteiger partial charge in [-0.25, -0.2) is 8.42 Å². The number of rotatable bonds is 7. The van der Waals surface area contributed by atoms with Gasteiger partial charge in [0.1, 0.15) is 16.4 Å². The molecule has 1 N–H and O–H groups in total. The first-order chi connectivity index (χ1) is 10.5. The average molecular weight is 361 g/mol. The van der Waals surface area contributed by atoms with Crippen LogP contribution in [0.2, 0.25) is 0 Å². The average Bonchev–Trinajstić information content (AvgIpc) is 2.93. The number of anilines is 1. The maximum Gasteiger partial charge on any atom is 0.267 e. The number of hydrogen-bond acceptors (Lipinski definition) is 8. The summed E-state index contributed by atoms with van der Waals surface area (Å²) in [5, 5.41) is 7.95. The predicted molar refractivity (Wildman–Crippen MR) is 86.7 cm³/mol. The van der Waals surface area contributed by atoms with Gasteiger partial charge in [0, 0.05) is 6.07 Å². The molecule has 0 aliphatic heterocycles. The van der Waals surface area contributed by atoms with Crippen LogP contribution >= 0.6 is 23.1 Å². The topological polar surface area (TPSA) is 90.4 Å². The van der Waals surface area contributed by atoms with Gasteiger partial charge in [0.2, 0.25) is 5.13 Å². The van der Waals surface area contributed by atoms with Crippen molar-refractivity contribution >= 4 is 38.3 Å². The lowest BCUT2D eigenvalue weighted by Crippen LogP contribution is -2.14. The Hall–Kier alpha value is -1.52. The van der Waals surface area contributed by atoms with E-state index in [-0.39, 0.29) is 15.8 Å². The second-order valence-electron chi connectivity index (χ2n) is 3.93. The smallest absolute Gasteiger partial charge is 0.267 e. The van der Waals surface area contributed by atoms with Gasteiger partial charge < -0.3 is 9.47 Å². The molecule has 0 atom stereocenters. The van der Waals surface area contributed by atoms with Crippen LogP contribution in [-0.4, -0.2) is 38.6 Å². The minimum atomic E-state index is -3.85. The molecule has 0 aliphatic carbocycles. The molecule has 0 unspecified atom stereocenters. The molecule has 0 amide bonds. The highest BCUT2D eigenvalue weighted by Crippen LogP contribution is 2.31. The summed E-state index contributed by atoms with van der Waals surface area (Å²) < 4.78 is 38.3. The van der Waals surface area contributed by atoms with Gasteiger partial charge in [-0.3, -0.25) is 4.72 Å². The second-order valence-corrected chi connectivity index (χ2v) is 8.07. The van der Waals surface area contributed by atoms with Crippen LogP contribution in [-0.2, 0) is 10.0 Å². The van der Waals surface area contributed by atoms with Crippen molar-refractivity contribution in [3.8, 4) is 11.5 Å². The number of aromatic nitrogens is 2. The number of benzene rings is 1. The maximum absolute atomic E-state index is 12.5. The lowest BCUT2D eigenvalue weighted by molar-refractivity contribution is 0.392. The number of nitrogens with one attached hydrogen (secondary N) is 1. The Balaban J connectivity index is 2.32. The first-order valence-corrected chi connectivity index (χ1v) is 9.49. The zero-order chi connectivity index (χ0) is 16.2. The van der Waals surface area contributed by atoms with E-state index in [9.17, 15) is 8.42 Å². The minimum absolute atomic E-state index is 0.0192. The van der Waals surface area contributed by atoms with Crippen LogP contribution in [0.3, 0.4) is 0 Å². The van der Waals surface area contributed by atoms with Crippen molar-refractivity contribution in [2.45, 2.75) is 16.2 Å². The first-order valence-electron chi connectivity index (χ1n) is 6.21. The fourth-order valence-corrected chi connectivity index (χ4v) is 4.66. The van der Waals surface area contributed by atoms with Gasteiger partial charge in [-0.15, -0.1) is 10.2 Å². The van der Waals surface area contributed by atoms with Crippen LogP contribution in [0.1, 0.15) is 6.92 Å². The Morgan fingerprint density at radius 2 is 2.05 bits per heavy atom. The number of sulfonamides is 1. The standard InChI is InChI=1S/C12H15N3O4S3/c1-4-20-12-14-13-11(21-12)15-22(16,17)10-7-8(18-2)5-6-9(10)19-3/h5-7H,4H2,1-3H3,(H,13,15). The van der Waals surface area contributed by atoms with E-state index >= 15 is 0 Å². The van der Waals surface area contributed by atoms with Crippen molar-refractivity contribution in [2.24, 2.45) is 0 Å². The molecule has 0 radical (unpaired) electrons. The molecule has 120 valence electrons. The molecule has 2 rings (SSSR count). The molecular formula is C12H15N3O4S3. The molecular weight excluding hydrogens is 346 g/mol. The molecule has 0 saturated heterocycles. The van der Waals surface area contributed by atoms with Gasteiger partial charge in [-0.05, 0) is 17.9 Å². The Labute approximate surface area is 137 Å². The van der Waals surface area contributed by atoms with Gasteiger partial charge in [-0.2, -0.15) is 0 Å². The Morgan fingerprint density at radius 1 is 1.27 bits per heavy atom. The molecule has 1 aromatic heterocycles. The fraction of sp³-hybridized carbons (Fsp3) is 0.333. The van der Waals surface area contributed by atoms with Crippen LogP contribution in [0.5, 0.6) is 11.5 Å². The molecule has 0 spiro atoms. The number of nitrogens with zero attached hydrogens (tertiary/aromatic N) is 2. The van der Waals surface area contributed by atoms with Crippen molar-refractivity contribution in [3.05, 3.63) is 18.2 Å². The number of ether oxygens (including phenoxy) is 2. The van der Waals surface area contributed by atoms with Crippen molar-refractivity contribution in [1.29, 1.82) is 0 Å². The highest BCUT2D eigenvalue weighted by Gasteiger charge is 2.22. The molecule has 0 bridgehead atoms. The predicted octanol–water partition coefficient (Wildman–Crippen LogP) is 2.47. The Morgan fingerprint density at radius 3 is 2.68 bits per heavy atom. The SMILES string of the molecule is CCSc1nnc(NS(=O)(=O)c2cc(OC)ccc2OC)s1. The maximum atomic E-state index is 12.5. The molecule has 2 aromatic rings. The van der Waals surface area contributed by atoms with Gasteiger partial charge in [-0.1, -0.05) is 30.0 Å². The summed E-state index contributed by atoms with van der Waals surface area (Å²) in [5.41, 5.74) is 0. The number of thioether (sulfide) groups is 1. The van der Waals surface area contributed by atoms with E-state index in [1.165, 1.54) is 49.5 Å². The molecule has 0 aliphatic rings. The van der Waals surface area contributed by atoms with Crippen LogP contribution in [0.4, 0.5) is 5.13 Å². The third kappa shape index (κ3) is 3.81. The van der Waals surface area contributed by atoms with E-state index in [2.05, 4.69) is 14.9 Å². The first kappa shape index (κ1) is 16.8. The summed E-state index contributed by atoms with van der Waals surface area (Å²) in [6.45, 7) is 1.98. The number of methoxy groups -OCH3 is 2. The summed E-state index contributed by atoms with van der Waals surface area (Å²) in [4.78, 5) is -0.0192. The third-order valence-corrected chi connectivity index (χ3v) is 5.90. The summed E-state index contributed by atoms with van der Waals surface area (Å²) in [5.74, 6) is 1.48. The normalized spacial score (nSPS) is 11.2. The van der Waals surface area contributed by atoms with Crippen LogP contribution < -0.4 is 14.2 Å². The largest absolute Gasteiger partial charge is 0.497 e. The van der Waals surface area contributed by atoms with Crippen molar-refractivity contribution < 1.29 is 17.9 Å². The lowest BCUT2D eigenvalue weighted by Gasteiger charge is -2.11. The van der Waals surface area contributed by atoms with Crippen molar-refractivity contribution in [1.82, 2.24) is 10.2 Å². The highest BCUT2D eigenvalue weighted by atomic mass is 32.2. The molecule has 0 fully saturated rings.